The van der Waals surface area contributed by atoms with Crippen LogP contribution in [0.2, 0.25) is 5.02 Å². The fourth-order valence-electron chi connectivity index (χ4n) is 3.27. The van der Waals surface area contributed by atoms with Crippen molar-refractivity contribution in [1.29, 1.82) is 0 Å². The quantitative estimate of drug-likeness (QED) is 0.395. The summed E-state index contributed by atoms with van der Waals surface area (Å²) in [5, 5.41) is 17.5. The number of aromatic nitrogens is 3. The monoisotopic (exact) mass is 289 g/mol. The number of nitrogens with zero attached hydrogens (tertiary/aromatic N) is 3. The molecule has 0 radical (unpaired) electrons. The van der Waals surface area contributed by atoms with Gasteiger partial charge in [-0.3, -0.25) is 0 Å². The average molecular weight is 290 g/mol. The molecule has 4 aromatic rings. The van der Waals surface area contributed by atoms with Crippen LogP contribution in [0.1, 0.15) is 0 Å². The van der Waals surface area contributed by atoms with Crippen LogP contribution in [0.5, 0.6) is 0 Å². The molecule has 4 heteroatoms. The van der Waals surface area contributed by atoms with Gasteiger partial charge in [0.15, 0.2) is 0 Å². The lowest BCUT2D eigenvalue weighted by molar-refractivity contribution is 0.875. The molecule has 0 saturated heterocycles. The molecular weight excluding hydrogens is 282 g/mol. The van der Waals surface area contributed by atoms with Gasteiger partial charge in [-0.15, -0.1) is 10.2 Å². The molecule has 0 N–H and O–H groups in total. The molecule has 1 aliphatic carbocycles. The van der Waals surface area contributed by atoms with Crippen LogP contribution in [-0.2, 0) is 0 Å². The third-order valence-electron chi connectivity index (χ3n) is 4.11. The topological polar surface area (TPSA) is 38.7 Å². The fourth-order valence-corrected chi connectivity index (χ4v) is 3.44. The van der Waals surface area contributed by atoms with Crippen LogP contribution in [0.3, 0.4) is 0 Å². The van der Waals surface area contributed by atoms with E-state index in [0.717, 1.165) is 32.8 Å². The van der Waals surface area contributed by atoms with Gasteiger partial charge in [0.2, 0.25) is 0 Å². The Balaban J connectivity index is 2.13. The smallest absolute Gasteiger partial charge is 0.105 e. The molecule has 0 unspecified atom stereocenters. The Bertz CT molecular complexity index is 1060. The van der Waals surface area contributed by atoms with Gasteiger partial charge in [-0.25, -0.2) is 0 Å². The summed E-state index contributed by atoms with van der Waals surface area (Å²) in [4.78, 5) is 0. The van der Waals surface area contributed by atoms with Crippen molar-refractivity contribution >= 4 is 33.1 Å². The maximum atomic E-state index is 6.20. The Hall–Kier alpha value is -2.52. The first-order chi connectivity index (χ1) is 10.3. The zero-order valence-electron chi connectivity index (χ0n) is 10.8. The number of hydrogen-bond donors (Lipinski definition) is 0. The normalized spacial score (nSPS) is 12.0. The maximum absolute atomic E-state index is 6.20. The maximum Gasteiger partial charge on any atom is 0.105 e. The van der Waals surface area contributed by atoms with E-state index in [1.54, 1.807) is 6.20 Å². The lowest BCUT2D eigenvalue weighted by Crippen LogP contribution is -1.89. The summed E-state index contributed by atoms with van der Waals surface area (Å²) in [6, 6.07) is 14.5. The molecule has 5 rings (SSSR count). The van der Waals surface area contributed by atoms with Gasteiger partial charge in [-0.1, -0.05) is 35.9 Å². The van der Waals surface area contributed by atoms with Gasteiger partial charge >= 0.3 is 0 Å². The van der Waals surface area contributed by atoms with Crippen molar-refractivity contribution < 1.29 is 0 Å². The number of benzene rings is 3. The van der Waals surface area contributed by atoms with Crippen LogP contribution >= 0.6 is 11.6 Å². The number of fused-ring (bicyclic) bond motifs is 5. The molecular formula is C17H8ClN3. The standard InChI is InChI=1S/C17H8ClN3/c18-11-5-4-9-6-10-2-1-3-12-15(10)16(13(9)7-11)14-8-19-21-20-17(12)14/h1-8H. The van der Waals surface area contributed by atoms with E-state index in [-0.39, 0.29) is 0 Å². The molecule has 0 bridgehead atoms. The van der Waals surface area contributed by atoms with Crippen LogP contribution in [-0.4, -0.2) is 15.4 Å². The van der Waals surface area contributed by atoms with Crippen molar-refractivity contribution in [1.82, 2.24) is 15.4 Å². The predicted molar refractivity (Wildman–Crippen MR) is 84.3 cm³/mol. The summed E-state index contributed by atoms with van der Waals surface area (Å²) in [7, 11) is 0. The molecule has 98 valence electrons. The van der Waals surface area contributed by atoms with Crippen molar-refractivity contribution in [3.8, 4) is 22.4 Å². The van der Waals surface area contributed by atoms with E-state index in [4.69, 9.17) is 11.6 Å². The van der Waals surface area contributed by atoms with Gasteiger partial charge < -0.3 is 0 Å². The van der Waals surface area contributed by atoms with Gasteiger partial charge in [0.25, 0.3) is 0 Å². The molecule has 1 aliphatic rings. The van der Waals surface area contributed by atoms with Crippen LogP contribution in [0.25, 0.3) is 43.9 Å². The van der Waals surface area contributed by atoms with Crippen LogP contribution < -0.4 is 0 Å². The number of rotatable bonds is 0. The summed E-state index contributed by atoms with van der Waals surface area (Å²) < 4.78 is 0. The van der Waals surface area contributed by atoms with Crippen LogP contribution in [0.15, 0.2) is 48.7 Å². The Morgan fingerprint density at radius 3 is 2.81 bits per heavy atom. The highest BCUT2D eigenvalue weighted by Gasteiger charge is 2.25. The van der Waals surface area contributed by atoms with Crippen LogP contribution in [0, 0.1) is 0 Å². The van der Waals surface area contributed by atoms with E-state index in [1.807, 2.05) is 12.1 Å². The van der Waals surface area contributed by atoms with Gasteiger partial charge in [0.1, 0.15) is 5.69 Å². The summed E-state index contributed by atoms with van der Waals surface area (Å²) in [6.45, 7) is 0. The number of halogens is 1. The second kappa shape index (κ2) is 3.77. The van der Waals surface area contributed by atoms with E-state index >= 15 is 0 Å². The second-order valence-electron chi connectivity index (χ2n) is 5.22. The minimum atomic E-state index is 0.735. The number of hydrogen-bond acceptors (Lipinski definition) is 3. The van der Waals surface area contributed by atoms with Gasteiger partial charge in [0, 0.05) is 21.7 Å². The summed E-state index contributed by atoms with van der Waals surface area (Å²) >= 11 is 6.20. The van der Waals surface area contributed by atoms with Crippen molar-refractivity contribution in [3.05, 3.63) is 53.7 Å². The predicted octanol–water partition coefficient (Wildman–Crippen LogP) is 4.48. The summed E-state index contributed by atoms with van der Waals surface area (Å²) in [5.41, 5.74) is 4.22. The Morgan fingerprint density at radius 2 is 1.86 bits per heavy atom. The molecule has 0 aliphatic heterocycles. The third-order valence-corrected chi connectivity index (χ3v) is 4.34. The third kappa shape index (κ3) is 1.36. The molecule has 0 atom stereocenters. The van der Waals surface area contributed by atoms with E-state index in [1.165, 1.54) is 16.2 Å². The Labute approximate surface area is 125 Å². The lowest BCUT2D eigenvalue weighted by atomic mass is 9.96. The van der Waals surface area contributed by atoms with Crippen molar-refractivity contribution in [2.75, 3.05) is 0 Å². The molecule has 21 heavy (non-hydrogen) atoms. The average Bonchev–Trinajstić information content (AvgIpc) is 2.85. The van der Waals surface area contributed by atoms with Gasteiger partial charge in [-0.05, 0) is 45.0 Å². The largest absolute Gasteiger partial charge is 0.138 e. The first-order valence-corrected chi connectivity index (χ1v) is 7.05. The fraction of sp³-hybridized carbons (Fsp3) is 0. The highest BCUT2D eigenvalue weighted by atomic mass is 35.5. The molecule has 3 aromatic carbocycles. The van der Waals surface area contributed by atoms with E-state index in [2.05, 4.69) is 45.7 Å². The van der Waals surface area contributed by atoms with Crippen molar-refractivity contribution in [2.45, 2.75) is 0 Å². The second-order valence-corrected chi connectivity index (χ2v) is 5.65. The SMILES string of the molecule is Clc1ccc2cc3cccc4c3c(c2c1)-c1cnnnc1-4. The minimum absolute atomic E-state index is 0.735. The summed E-state index contributed by atoms with van der Waals surface area (Å²) in [6.07, 6.45) is 1.79. The zero-order chi connectivity index (χ0) is 14.0. The lowest BCUT2D eigenvalue weighted by Gasteiger charge is -2.08. The molecule has 1 aromatic heterocycles. The minimum Gasteiger partial charge on any atom is -0.138 e. The summed E-state index contributed by atoms with van der Waals surface area (Å²) in [5.74, 6) is 0. The molecule has 0 saturated carbocycles. The Morgan fingerprint density at radius 1 is 0.905 bits per heavy atom. The Kier molecular flexibility index (Phi) is 2.01. The van der Waals surface area contributed by atoms with Gasteiger partial charge in [0.05, 0.1) is 6.20 Å². The molecule has 0 fully saturated rings. The first kappa shape index (κ1) is 11.2. The molecule has 0 amide bonds. The first-order valence-electron chi connectivity index (χ1n) is 6.67. The molecule has 3 nitrogen and oxygen atoms in total. The van der Waals surface area contributed by atoms with E-state index in [9.17, 15) is 0 Å². The van der Waals surface area contributed by atoms with E-state index in [0.29, 0.717) is 0 Å². The van der Waals surface area contributed by atoms with E-state index < -0.39 is 0 Å². The highest BCUT2D eigenvalue weighted by molar-refractivity contribution is 6.32. The molecule has 1 heterocycles. The van der Waals surface area contributed by atoms with Gasteiger partial charge in [-0.2, -0.15) is 0 Å². The van der Waals surface area contributed by atoms with Crippen molar-refractivity contribution in [2.24, 2.45) is 0 Å². The highest BCUT2D eigenvalue weighted by Crippen LogP contribution is 2.49. The zero-order valence-corrected chi connectivity index (χ0v) is 11.6. The molecule has 0 spiro atoms. The van der Waals surface area contributed by atoms with Crippen LogP contribution in [0.4, 0.5) is 0 Å². The van der Waals surface area contributed by atoms with Crippen molar-refractivity contribution in [3.63, 3.8) is 0 Å².